The third-order valence-corrected chi connectivity index (χ3v) is 1.93. The van der Waals surface area contributed by atoms with Crippen LogP contribution < -0.4 is 4.74 Å². The maximum atomic E-state index is 5.37. The molecule has 0 amide bonds. The second-order valence-electron chi connectivity index (χ2n) is 2.34. The van der Waals surface area contributed by atoms with Gasteiger partial charge < -0.3 is 9.47 Å². The molecule has 0 N–H and O–H groups in total. The molecule has 0 saturated carbocycles. The quantitative estimate of drug-likeness (QED) is 0.584. The van der Waals surface area contributed by atoms with E-state index >= 15 is 0 Å². The highest BCUT2D eigenvalue weighted by atomic mass is 79.9. The summed E-state index contributed by atoms with van der Waals surface area (Å²) in [6, 6.07) is 7.67. The van der Waals surface area contributed by atoms with Gasteiger partial charge in [-0.15, -0.1) is 0 Å². The van der Waals surface area contributed by atoms with Crippen LogP contribution in [0.4, 0.5) is 0 Å². The zero-order chi connectivity index (χ0) is 9.52. The largest absolute Gasteiger partial charge is 0.498 e. The monoisotopic (exact) mass is 242 g/mol. The Balaban J connectivity index is 2.28. The van der Waals surface area contributed by atoms with Gasteiger partial charge in [0.1, 0.15) is 19.0 Å². The zero-order valence-electron chi connectivity index (χ0n) is 7.20. The van der Waals surface area contributed by atoms with Crippen LogP contribution in [0.1, 0.15) is 0 Å². The van der Waals surface area contributed by atoms with Gasteiger partial charge in [-0.3, -0.25) is 0 Å². The lowest BCUT2D eigenvalue weighted by Gasteiger charge is -2.05. The van der Waals surface area contributed by atoms with Crippen molar-refractivity contribution in [3.05, 3.63) is 41.6 Å². The molecule has 0 aliphatic rings. The van der Waals surface area contributed by atoms with Crippen LogP contribution in [0.2, 0.25) is 0 Å². The van der Waals surface area contributed by atoms with Crippen molar-refractivity contribution in [1.82, 2.24) is 0 Å². The molecule has 0 heterocycles. The summed E-state index contributed by atoms with van der Waals surface area (Å²) < 4.78 is 11.3. The van der Waals surface area contributed by atoms with Crippen molar-refractivity contribution in [3.8, 4) is 5.75 Å². The highest BCUT2D eigenvalue weighted by Crippen LogP contribution is 2.15. The summed E-state index contributed by atoms with van der Waals surface area (Å²) in [5.41, 5.74) is 0. The summed E-state index contributed by atoms with van der Waals surface area (Å²) in [7, 11) is 0. The molecule has 70 valence electrons. The minimum atomic E-state index is 0.527. The van der Waals surface area contributed by atoms with Crippen LogP contribution >= 0.6 is 15.9 Å². The van der Waals surface area contributed by atoms with E-state index in [1.54, 1.807) is 0 Å². The van der Waals surface area contributed by atoms with E-state index < -0.39 is 0 Å². The number of ether oxygens (including phenoxy) is 2. The second-order valence-corrected chi connectivity index (χ2v) is 3.26. The average molecular weight is 243 g/mol. The number of hydrogen-bond donors (Lipinski definition) is 0. The third kappa shape index (κ3) is 3.99. The predicted octanol–water partition coefficient (Wildman–Crippen LogP) is 2.99. The SMILES string of the molecule is C=COCCOc1ccc(Br)cc1. The number of hydrogen-bond acceptors (Lipinski definition) is 2. The van der Waals surface area contributed by atoms with Gasteiger partial charge in [0.2, 0.25) is 0 Å². The Morgan fingerprint density at radius 3 is 2.54 bits per heavy atom. The van der Waals surface area contributed by atoms with Gasteiger partial charge in [-0.2, -0.15) is 0 Å². The molecule has 1 rings (SSSR count). The molecule has 13 heavy (non-hydrogen) atoms. The molecule has 0 spiro atoms. The minimum absolute atomic E-state index is 0.527. The van der Waals surface area contributed by atoms with Crippen molar-refractivity contribution < 1.29 is 9.47 Å². The van der Waals surface area contributed by atoms with Crippen molar-refractivity contribution >= 4 is 15.9 Å². The van der Waals surface area contributed by atoms with Gasteiger partial charge in [-0.25, -0.2) is 0 Å². The molecule has 0 bridgehead atoms. The standard InChI is InChI=1S/C10H11BrO2/c1-2-12-7-8-13-10-5-3-9(11)4-6-10/h2-6H,1,7-8H2. The van der Waals surface area contributed by atoms with E-state index in [9.17, 15) is 0 Å². The first-order chi connectivity index (χ1) is 6.33. The summed E-state index contributed by atoms with van der Waals surface area (Å²) >= 11 is 3.34. The second kappa shape index (κ2) is 5.65. The molecule has 0 unspecified atom stereocenters. The molecule has 1 aromatic carbocycles. The fourth-order valence-electron chi connectivity index (χ4n) is 0.822. The smallest absolute Gasteiger partial charge is 0.122 e. The molecule has 0 fully saturated rings. The fourth-order valence-corrected chi connectivity index (χ4v) is 1.09. The van der Waals surface area contributed by atoms with Crippen molar-refractivity contribution in [2.24, 2.45) is 0 Å². The normalized spacial score (nSPS) is 9.31. The van der Waals surface area contributed by atoms with Crippen LogP contribution in [0, 0.1) is 0 Å². The molecule has 1 aromatic rings. The highest BCUT2D eigenvalue weighted by Gasteiger charge is 1.92. The summed E-state index contributed by atoms with van der Waals surface area (Å²) in [5, 5.41) is 0. The van der Waals surface area contributed by atoms with Crippen LogP contribution in [0.25, 0.3) is 0 Å². The highest BCUT2D eigenvalue weighted by molar-refractivity contribution is 9.10. The predicted molar refractivity (Wildman–Crippen MR) is 55.8 cm³/mol. The van der Waals surface area contributed by atoms with E-state index in [1.807, 2.05) is 24.3 Å². The number of halogens is 1. The first-order valence-electron chi connectivity index (χ1n) is 3.94. The third-order valence-electron chi connectivity index (χ3n) is 1.40. The first-order valence-corrected chi connectivity index (χ1v) is 4.73. The molecule has 0 aliphatic carbocycles. The van der Waals surface area contributed by atoms with Crippen LogP contribution in [-0.4, -0.2) is 13.2 Å². The Kier molecular flexibility index (Phi) is 4.40. The van der Waals surface area contributed by atoms with Crippen LogP contribution in [0.3, 0.4) is 0 Å². The Labute approximate surface area is 86.3 Å². The van der Waals surface area contributed by atoms with Gasteiger partial charge in [-0.05, 0) is 24.3 Å². The summed E-state index contributed by atoms with van der Waals surface area (Å²) in [5.74, 6) is 0.843. The summed E-state index contributed by atoms with van der Waals surface area (Å²) in [6.45, 7) is 4.50. The number of rotatable bonds is 5. The molecule has 0 aromatic heterocycles. The van der Waals surface area contributed by atoms with E-state index in [-0.39, 0.29) is 0 Å². The van der Waals surface area contributed by atoms with Gasteiger partial charge in [-0.1, -0.05) is 22.5 Å². The van der Waals surface area contributed by atoms with Gasteiger partial charge in [0.25, 0.3) is 0 Å². The van der Waals surface area contributed by atoms with Gasteiger partial charge in [0.15, 0.2) is 0 Å². The Morgan fingerprint density at radius 2 is 1.92 bits per heavy atom. The lowest BCUT2D eigenvalue weighted by Crippen LogP contribution is -2.03. The zero-order valence-corrected chi connectivity index (χ0v) is 8.79. The van der Waals surface area contributed by atoms with Gasteiger partial charge in [0, 0.05) is 4.47 Å². The van der Waals surface area contributed by atoms with E-state index in [2.05, 4.69) is 22.5 Å². The molecule has 2 nitrogen and oxygen atoms in total. The van der Waals surface area contributed by atoms with E-state index in [4.69, 9.17) is 9.47 Å². The molecular weight excluding hydrogens is 232 g/mol. The molecule has 0 aliphatic heterocycles. The van der Waals surface area contributed by atoms with E-state index in [1.165, 1.54) is 6.26 Å². The van der Waals surface area contributed by atoms with Crippen molar-refractivity contribution in [2.45, 2.75) is 0 Å². The van der Waals surface area contributed by atoms with Crippen molar-refractivity contribution in [2.75, 3.05) is 13.2 Å². The van der Waals surface area contributed by atoms with Crippen LogP contribution in [0.15, 0.2) is 41.6 Å². The Hall–Kier alpha value is -0.960. The molecular formula is C10H11BrO2. The number of benzene rings is 1. The van der Waals surface area contributed by atoms with E-state index in [0.29, 0.717) is 13.2 Å². The fraction of sp³-hybridized carbons (Fsp3) is 0.200. The van der Waals surface area contributed by atoms with Gasteiger partial charge in [0.05, 0.1) is 6.26 Å². The lowest BCUT2D eigenvalue weighted by molar-refractivity contribution is 0.179. The molecule has 3 heteroatoms. The van der Waals surface area contributed by atoms with Crippen LogP contribution in [0.5, 0.6) is 5.75 Å². The van der Waals surface area contributed by atoms with Crippen molar-refractivity contribution in [1.29, 1.82) is 0 Å². The molecule has 0 saturated heterocycles. The molecule has 0 atom stereocenters. The van der Waals surface area contributed by atoms with E-state index in [0.717, 1.165) is 10.2 Å². The van der Waals surface area contributed by atoms with Gasteiger partial charge >= 0.3 is 0 Å². The Morgan fingerprint density at radius 1 is 1.23 bits per heavy atom. The first kappa shape index (κ1) is 10.1. The maximum absolute atomic E-state index is 5.37. The Bertz CT molecular complexity index is 256. The maximum Gasteiger partial charge on any atom is 0.122 e. The summed E-state index contributed by atoms with van der Waals surface area (Å²) in [6.07, 6.45) is 1.41. The average Bonchev–Trinajstić information content (AvgIpc) is 2.15. The lowest BCUT2D eigenvalue weighted by atomic mass is 10.3. The van der Waals surface area contributed by atoms with Crippen molar-refractivity contribution in [3.63, 3.8) is 0 Å². The minimum Gasteiger partial charge on any atom is -0.498 e. The summed E-state index contributed by atoms with van der Waals surface area (Å²) in [4.78, 5) is 0. The topological polar surface area (TPSA) is 18.5 Å². The molecule has 0 radical (unpaired) electrons. The van der Waals surface area contributed by atoms with Crippen LogP contribution in [-0.2, 0) is 4.74 Å².